The van der Waals surface area contributed by atoms with Crippen LogP contribution in [0.2, 0.25) is 0 Å². The molecular formula is C29H24N8O5. The second-order valence-electron chi connectivity index (χ2n) is 12.6. The molecule has 0 bridgehead atoms. The molecule has 11 rings (SSSR count). The van der Waals surface area contributed by atoms with Gasteiger partial charge in [0, 0.05) is 37.7 Å². The Morgan fingerprint density at radius 2 is 1.83 bits per heavy atom. The van der Waals surface area contributed by atoms with E-state index in [0.29, 0.717) is 58.8 Å². The molecule has 0 atom stereocenters. The number of rotatable bonds is 7. The van der Waals surface area contributed by atoms with E-state index in [2.05, 4.69) is 31.0 Å². The van der Waals surface area contributed by atoms with Gasteiger partial charge in [-0.05, 0) is 58.6 Å². The maximum Gasteiger partial charge on any atom is 0.419 e. The van der Waals surface area contributed by atoms with Gasteiger partial charge in [0.15, 0.2) is 11.2 Å². The molecule has 0 spiro atoms. The summed E-state index contributed by atoms with van der Waals surface area (Å²) >= 11 is 0. The molecule has 13 heteroatoms. The highest BCUT2D eigenvalue weighted by molar-refractivity contribution is 6.10. The predicted octanol–water partition coefficient (Wildman–Crippen LogP) is 0.100. The van der Waals surface area contributed by atoms with Gasteiger partial charge < -0.3 is 20.4 Å². The number of amidine groups is 1. The number of nitrogens with zero attached hydrogens (tertiary/aromatic N) is 5. The summed E-state index contributed by atoms with van der Waals surface area (Å²) < 4.78 is 8.03. The van der Waals surface area contributed by atoms with Crippen LogP contribution in [0.4, 0.5) is 0 Å². The van der Waals surface area contributed by atoms with Crippen molar-refractivity contribution >= 4 is 40.3 Å². The molecule has 0 radical (unpaired) electrons. The van der Waals surface area contributed by atoms with Gasteiger partial charge in [-0.1, -0.05) is 6.07 Å². The smallest absolute Gasteiger partial charge is 0.408 e. The van der Waals surface area contributed by atoms with Crippen LogP contribution in [0.15, 0.2) is 50.7 Å². The minimum Gasteiger partial charge on any atom is -0.408 e. The van der Waals surface area contributed by atoms with Crippen LogP contribution in [-0.4, -0.2) is 55.8 Å². The molecule has 4 heterocycles. The Morgan fingerprint density at radius 1 is 1.05 bits per heavy atom. The number of amides is 3. The van der Waals surface area contributed by atoms with Gasteiger partial charge in [-0.2, -0.15) is 5.10 Å². The van der Waals surface area contributed by atoms with Crippen LogP contribution >= 0.6 is 0 Å². The molecule has 13 nitrogen and oxygen atoms in total. The normalized spacial score (nSPS) is 35.3. The van der Waals surface area contributed by atoms with Gasteiger partial charge in [0.05, 0.1) is 11.7 Å². The topological polar surface area (TPSA) is 165 Å². The van der Waals surface area contributed by atoms with Crippen LogP contribution in [0.3, 0.4) is 0 Å². The summed E-state index contributed by atoms with van der Waals surface area (Å²) in [6.07, 6.45) is 1.55. The fraction of sp³-hybridized carbons (Fsp3) is 0.414. The summed E-state index contributed by atoms with van der Waals surface area (Å²) in [5.41, 5.74) is 2.97. The summed E-state index contributed by atoms with van der Waals surface area (Å²) in [5, 5.41) is 13.3. The number of oxazole rings is 1. The number of benzene rings is 1. The van der Waals surface area contributed by atoms with Gasteiger partial charge in [0.1, 0.15) is 23.8 Å². The lowest BCUT2D eigenvalue weighted by atomic mass is 8.92. The minimum atomic E-state index is -0.451. The van der Waals surface area contributed by atoms with Gasteiger partial charge in [-0.3, -0.25) is 23.9 Å². The zero-order valence-corrected chi connectivity index (χ0v) is 22.3. The van der Waals surface area contributed by atoms with Gasteiger partial charge >= 0.3 is 5.76 Å². The van der Waals surface area contributed by atoms with Gasteiger partial charge in [-0.15, -0.1) is 0 Å². The van der Waals surface area contributed by atoms with Crippen molar-refractivity contribution in [3.63, 3.8) is 0 Å². The standard InChI is InChI=1S/C29H24N8O5/c1-36-13-6-11(2-3-15(13)42-27(36)41)8-30-24(39)12-7-14(37-16(34-12)4-5-33-37)25(40)32-10-28-18-21-19(28)23-20(28)22(18)29(21,23)26-31-9-17(38)35-26/h2-7,18-23H,8-10H2,1H3,(H,30,39)(H,32,40)(H,31,35,38). The number of aromatic nitrogens is 4. The number of carbonyl (C=O) groups is 3. The summed E-state index contributed by atoms with van der Waals surface area (Å²) in [7, 11) is 1.62. The Labute approximate surface area is 236 Å². The van der Waals surface area contributed by atoms with Crippen molar-refractivity contribution in [2.45, 2.75) is 6.54 Å². The molecule has 3 N–H and O–H groups in total. The molecule has 0 saturated heterocycles. The monoisotopic (exact) mass is 564 g/mol. The molecule has 1 aliphatic heterocycles. The Bertz CT molecular complexity index is 2010. The zero-order valence-electron chi connectivity index (χ0n) is 22.3. The summed E-state index contributed by atoms with van der Waals surface area (Å²) in [6.45, 7) is 1.06. The van der Waals surface area contributed by atoms with E-state index in [1.165, 1.54) is 15.1 Å². The average Bonchev–Trinajstić information content (AvgIpc) is 3.73. The molecule has 1 aromatic carbocycles. The summed E-state index contributed by atoms with van der Waals surface area (Å²) in [5.74, 6) is 3.36. The van der Waals surface area contributed by atoms with Crippen LogP contribution in [0.25, 0.3) is 16.7 Å². The third kappa shape index (κ3) is 2.22. The zero-order chi connectivity index (χ0) is 28.3. The van der Waals surface area contributed by atoms with E-state index in [1.807, 2.05) is 0 Å². The average molecular weight is 565 g/mol. The number of aryl methyl sites for hydroxylation is 1. The largest absolute Gasteiger partial charge is 0.419 e. The SMILES string of the molecule is Cn1c(=O)oc2ccc(CNC(=O)c3cc(C(=O)NCC45C6C7C4C4C5C6C74C4=NCC(=O)N4)n4nccc4n3)cc21. The molecule has 3 aromatic heterocycles. The van der Waals surface area contributed by atoms with Gasteiger partial charge in [0.25, 0.3) is 11.8 Å². The summed E-state index contributed by atoms with van der Waals surface area (Å²) in [6, 6.07) is 8.39. The van der Waals surface area contributed by atoms with Gasteiger partial charge in [0.2, 0.25) is 5.91 Å². The highest BCUT2D eigenvalue weighted by Gasteiger charge is 3.10. The number of carbonyl (C=O) groups excluding carboxylic acids is 3. The fourth-order valence-corrected chi connectivity index (χ4v) is 10.3. The molecule has 6 aliphatic carbocycles. The van der Waals surface area contributed by atoms with E-state index in [9.17, 15) is 19.2 Å². The van der Waals surface area contributed by atoms with Crippen molar-refractivity contribution in [1.29, 1.82) is 0 Å². The number of hydrogen-bond acceptors (Lipinski definition) is 8. The first-order valence-electron chi connectivity index (χ1n) is 14.2. The highest BCUT2D eigenvalue weighted by Crippen LogP contribution is 3.10. The van der Waals surface area contributed by atoms with Crippen molar-refractivity contribution in [2.24, 2.45) is 58.4 Å². The molecule has 6 fully saturated rings. The van der Waals surface area contributed by atoms with Crippen LogP contribution in [0, 0.1) is 46.3 Å². The van der Waals surface area contributed by atoms with E-state index in [1.54, 1.807) is 37.5 Å². The van der Waals surface area contributed by atoms with Crippen molar-refractivity contribution in [3.8, 4) is 0 Å². The van der Waals surface area contributed by atoms with E-state index < -0.39 is 11.7 Å². The first-order valence-corrected chi connectivity index (χ1v) is 14.2. The Kier molecular flexibility index (Phi) is 3.79. The molecule has 42 heavy (non-hydrogen) atoms. The number of hydrogen-bond donors (Lipinski definition) is 3. The maximum atomic E-state index is 13.5. The second kappa shape index (κ2) is 6.97. The van der Waals surface area contributed by atoms with Crippen LogP contribution < -0.4 is 21.7 Å². The third-order valence-electron chi connectivity index (χ3n) is 11.6. The van der Waals surface area contributed by atoms with Gasteiger partial charge in [-0.25, -0.2) is 14.3 Å². The van der Waals surface area contributed by atoms with Crippen molar-refractivity contribution < 1.29 is 18.8 Å². The predicted molar refractivity (Wildman–Crippen MR) is 144 cm³/mol. The lowest BCUT2D eigenvalue weighted by Gasteiger charge is -3.11. The quantitative estimate of drug-likeness (QED) is 0.286. The lowest BCUT2D eigenvalue weighted by molar-refractivity contribution is -0.635. The third-order valence-corrected chi connectivity index (χ3v) is 11.6. The van der Waals surface area contributed by atoms with Crippen LogP contribution in [0.1, 0.15) is 26.5 Å². The Hall–Kier alpha value is -4.81. The fourth-order valence-electron chi connectivity index (χ4n) is 10.3. The summed E-state index contributed by atoms with van der Waals surface area (Å²) in [4.78, 5) is 59.1. The number of fused-ring (bicyclic) bond motifs is 2. The molecule has 210 valence electrons. The first-order chi connectivity index (χ1) is 20.4. The first kappa shape index (κ1) is 22.8. The van der Waals surface area contributed by atoms with Crippen LogP contribution in [-0.2, 0) is 18.4 Å². The second-order valence-corrected chi connectivity index (χ2v) is 12.6. The van der Waals surface area contributed by atoms with E-state index in [0.717, 1.165) is 11.4 Å². The number of aliphatic imine (C=N–C) groups is 1. The molecule has 4 aromatic rings. The molecule has 0 unspecified atom stereocenters. The van der Waals surface area contributed by atoms with Crippen LogP contribution in [0.5, 0.6) is 0 Å². The minimum absolute atomic E-state index is 0.000146. The Morgan fingerprint density at radius 3 is 2.57 bits per heavy atom. The van der Waals surface area contributed by atoms with Crippen molar-refractivity contribution in [1.82, 2.24) is 35.1 Å². The van der Waals surface area contributed by atoms with Crippen molar-refractivity contribution in [3.05, 3.63) is 64.0 Å². The van der Waals surface area contributed by atoms with E-state index >= 15 is 0 Å². The Balaban J connectivity index is 0.849. The molecule has 6 saturated carbocycles. The van der Waals surface area contributed by atoms with Crippen molar-refractivity contribution in [2.75, 3.05) is 13.1 Å². The number of nitrogens with one attached hydrogen (secondary N) is 3. The molecular weight excluding hydrogens is 540 g/mol. The highest BCUT2D eigenvalue weighted by atomic mass is 16.4. The lowest BCUT2D eigenvalue weighted by Crippen LogP contribution is -3.12. The van der Waals surface area contributed by atoms with E-state index in [-0.39, 0.29) is 47.1 Å². The molecule has 7 aliphatic rings. The molecule has 3 amide bonds. The van der Waals surface area contributed by atoms with E-state index in [4.69, 9.17) is 4.42 Å². The maximum absolute atomic E-state index is 13.5.